The molecule has 1 aromatic heterocycles. The van der Waals surface area contributed by atoms with Gasteiger partial charge in [-0.05, 0) is 49.2 Å². The summed E-state index contributed by atoms with van der Waals surface area (Å²) in [6.45, 7) is 5.79. The molecule has 8 nitrogen and oxygen atoms in total. The first kappa shape index (κ1) is 20.6. The molecule has 2 N–H and O–H groups in total. The molecule has 4 rings (SSSR count). The van der Waals surface area contributed by atoms with E-state index >= 15 is 0 Å². The van der Waals surface area contributed by atoms with Gasteiger partial charge in [-0.2, -0.15) is 4.98 Å². The SMILES string of the molecule is Cc1cc2nc3c(=O)[nH]c(=O)nc-3n(CCNCc3ccccn3)c2cc1C.Cl. The Kier molecular flexibility index (Phi) is 6.05. The molecule has 0 fully saturated rings. The summed E-state index contributed by atoms with van der Waals surface area (Å²) in [4.78, 5) is 39.0. The molecule has 0 atom stereocenters. The van der Waals surface area contributed by atoms with Gasteiger partial charge in [0.05, 0.1) is 16.7 Å². The number of nitrogens with one attached hydrogen (secondary N) is 2. The number of benzene rings is 1. The van der Waals surface area contributed by atoms with Crippen molar-refractivity contribution in [2.45, 2.75) is 26.9 Å². The van der Waals surface area contributed by atoms with E-state index in [0.717, 1.165) is 22.3 Å². The van der Waals surface area contributed by atoms with E-state index in [9.17, 15) is 9.59 Å². The van der Waals surface area contributed by atoms with E-state index in [4.69, 9.17) is 0 Å². The van der Waals surface area contributed by atoms with Crippen LogP contribution in [-0.4, -0.2) is 31.0 Å². The van der Waals surface area contributed by atoms with Crippen molar-refractivity contribution in [2.75, 3.05) is 6.54 Å². The molecule has 0 unspecified atom stereocenters. The number of aryl methyl sites for hydroxylation is 2. The smallest absolute Gasteiger partial charge is 0.321 e. The molecular formula is C20H21ClN6O2. The molecular weight excluding hydrogens is 392 g/mol. The van der Waals surface area contributed by atoms with Crippen LogP contribution in [0.1, 0.15) is 16.8 Å². The summed E-state index contributed by atoms with van der Waals surface area (Å²) in [5.74, 6) is 0.295. The fraction of sp³-hybridized carbons (Fsp3) is 0.250. The van der Waals surface area contributed by atoms with E-state index in [0.29, 0.717) is 31.0 Å². The van der Waals surface area contributed by atoms with E-state index in [1.165, 1.54) is 0 Å². The number of nitrogens with zero attached hydrogens (tertiary/aromatic N) is 4. The highest BCUT2D eigenvalue weighted by Gasteiger charge is 2.18. The number of pyridine rings is 1. The number of aromatic nitrogens is 5. The van der Waals surface area contributed by atoms with Crippen LogP contribution in [0.3, 0.4) is 0 Å². The first-order chi connectivity index (χ1) is 13.5. The van der Waals surface area contributed by atoms with Crippen LogP contribution in [0, 0.1) is 13.8 Å². The zero-order valence-electron chi connectivity index (χ0n) is 16.1. The minimum Gasteiger partial charge on any atom is -0.321 e. The number of aromatic amines is 1. The Labute approximate surface area is 172 Å². The van der Waals surface area contributed by atoms with Crippen molar-refractivity contribution < 1.29 is 0 Å². The van der Waals surface area contributed by atoms with Crippen LogP contribution >= 0.6 is 12.4 Å². The number of hydrogen-bond acceptors (Lipinski definition) is 6. The van der Waals surface area contributed by atoms with Crippen molar-refractivity contribution in [3.63, 3.8) is 0 Å². The normalized spacial score (nSPS) is 11.0. The number of hydrogen-bond donors (Lipinski definition) is 2. The third kappa shape index (κ3) is 4.18. The van der Waals surface area contributed by atoms with Crippen molar-refractivity contribution in [3.8, 4) is 11.5 Å². The van der Waals surface area contributed by atoms with Gasteiger partial charge >= 0.3 is 5.69 Å². The van der Waals surface area contributed by atoms with Crippen LogP contribution < -0.4 is 16.6 Å². The third-order valence-electron chi connectivity index (χ3n) is 4.77. The number of halogens is 1. The van der Waals surface area contributed by atoms with Crippen LogP contribution in [0.2, 0.25) is 0 Å². The predicted octanol–water partition coefficient (Wildman–Crippen LogP) is 1.81. The zero-order chi connectivity index (χ0) is 19.7. The summed E-state index contributed by atoms with van der Waals surface area (Å²) >= 11 is 0. The molecule has 2 aliphatic heterocycles. The first-order valence-electron chi connectivity index (χ1n) is 9.05. The van der Waals surface area contributed by atoms with E-state index in [1.54, 1.807) is 6.20 Å². The molecule has 0 saturated carbocycles. The van der Waals surface area contributed by atoms with Gasteiger partial charge in [-0.25, -0.2) is 9.78 Å². The van der Waals surface area contributed by atoms with Crippen LogP contribution in [0.25, 0.3) is 22.6 Å². The molecule has 2 aromatic rings. The maximum absolute atomic E-state index is 12.3. The molecule has 0 bridgehead atoms. The largest absolute Gasteiger partial charge is 0.349 e. The van der Waals surface area contributed by atoms with Crippen LogP contribution in [-0.2, 0) is 13.1 Å². The first-order valence-corrected chi connectivity index (χ1v) is 9.05. The highest BCUT2D eigenvalue weighted by Crippen LogP contribution is 2.23. The quantitative estimate of drug-likeness (QED) is 0.382. The second-order valence-corrected chi connectivity index (χ2v) is 6.73. The van der Waals surface area contributed by atoms with Gasteiger partial charge in [0.1, 0.15) is 0 Å². The molecule has 0 spiro atoms. The molecule has 1 aromatic carbocycles. The van der Waals surface area contributed by atoms with Crippen LogP contribution in [0.4, 0.5) is 0 Å². The molecule has 0 amide bonds. The molecule has 0 saturated heterocycles. The summed E-state index contributed by atoms with van der Waals surface area (Å²) in [5, 5.41) is 3.34. The number of fused-ring (bicyclic) bond motifs is 2. The second kappa shape index (κ2) is 8.50. The lowest BCUT2D eigenvalue weighted by Gasteiger charge is -2.18. The van der Waals surface area contributed by atoms with Crippen molar-refractivity contribution >= 4 is 23.4 Å². The van der Waals surface area contributed by atoms with Crippen molar-refractivity contribution in [3.05, 3.63) is 74.2 Å². The van der Waals surface area contributed by atoms with Crippen molar-refractivity contribution in [2.24, 2.45) is 0 Å². The summed E-state index contributed by atoms with van der Waals surface area (Å²) in [6.07, 6.45) is 1.76. The van der Waals surface area contributed by atoms with E-state index in [-0.39, 0.29) is 18.1 Å². The minimum atomic E-state index is -0.669. The van der Waals surface area contributed by atoms with Crippen molar-refractivity contribution in [1.29, 1.82) is 0 Å². The lowest BCUT2D eigenvalue weighted by Crippen LogP contribution is -2.30. The maximum Gasteiger partial charge on any atom is 0.349 e. The highest BCUT2D eigenvalue weighted by molar-refractivity contribution is 5.85. The van der Waals surface area contributed by atoms with Gasteiger partial charge in [0.2, 0.25) is 0 Å². The average molecular weight is 413 g/mol. The Hall–Kier alpha value is -3.10. The predicted molar refractivity (Wildman–Crippen MR) is 114 cm³/mol. The molecule has 150 valence electrons. The topological polar surface area (TPSA) is 106 Å². The fourth-order valence-electron chi connectivity index (χ4n) is 3.19. The van der Waals surface area contributed by atoms with Crippen LogP contribution in [0.15, 0.2) is 46.1 Å². The Balaban J connectivity index is 0.00000240. The lowest BCUT2D eigenvalue weighted by atomic mass is 10.1. The highest BCUT2D eigenvalue weighted by atomic mass is 35.5. The summed E-state index contributed by atoms with van der Waals surface area (Å²) in [7, 11) is 0. The Bertz CT molecular complexity index is 1240. The molecule has 29 heavy (non-hydrogen) atoms. The molecule has 9 heteroatoms. The van der Waals surface area contributed by atoms with Gasteiger partial charge in [0.25, 0.3) is 5.56 Å². The number of rotatable bonds is 5. The molecule has 0 aliphatic carbocycles. The van der Waals surface area contributed by atoms with E-state index in [2.05, 4.69) is 25.3 Å². The van der Waals surface area contributed by atoms with Gasteiger partial charge in [-0.15, -0.1) is 12.4 Å². The van der Waals surface area contributed by atoms with Gasteiger partial charge < -0.3 is 9.88 Å². The Morgan fingerprint density at radius 3 is 2.66 bits per heavy atom. The maximum atomic E-state index is 12.3. The fourth-order valence-corrected chi connectivity index (χ4v) is 3.19. The summed E-state index contributed by atoms with van der Waals surface area (Å²) in [5.41, 5.74) is 3.65. The van der Waals surface area contributed by atoms with E-state index in [1.807, 2.05) is 48.7 Å². The Morgan fingerprint density at radius 1 is 1.10 bits per heavy atom. The summed E-state index contributed by atoms with van der Waals surface area (Å²) < 4.78 is 1.88. The molecule has 3 heterocycles. The van der Waals surface area contributed by atoms with Gasteiger partial charge in [-0.1, -0.05) is 6.07 Å². The van der Waals surface area contributed by atoms with Gasteiger partial charge in [0, 0.05) is 25.8 Å². The minimum absolute atomic E-state index is 0. The standard InChI is InChI=1S/C20H20N6O2.ClH/c1-12-9-15-16(10-13(12)2)26(8-7-21-11-14-5-3-4-6-22-14)18-17(23-15)19(27)25-20(28)24-18;/h3-6,9-10,21H,7-8,11H2,1-2H3,(H,25,27,28);1H. The average Bonchev–Trinajstić information content (AvgIpc) is 2.67. The Morgan fingerprint density at radius 2 is 1.90 bits per heavy atom. The van der Waals surface area contributed by atoms with Crippen molar-refractivity contribution in [1.82, 2.24) is 29.8 Å². The molecule has 2 aliphatic rings. The summed E-state index contributed by atoms with van der Waals surface area (Å²) in [6, 6.07) is 9.74. The third-order valence-corrected chi connectivity index (χ3v) is 4.77. The monoisotopic (exact) mass is 412 g/mol. The van der Waals surface area contributed by atoms with Gasteiger partial charge in [0.15, 0.2) is 11.5 Å². The molecule has 0 radical (unpaired) electrons. The van der Waals surface area contributed by atoms with Crippen LogP contribution in [0.5, 0.6) is 0 Å². The van der Waals surface area contributed by atoms with Gasteiger partial charge in [-0.3, -0.25) is 14.8 Å². The van der Waals surface area contributed by atoms with E-state index < -0.39 is 11.2 Å². The number of H-pyrrole nitrogens is 1. The zero-order valence-corrected chi connectivity index (χ0v) is 16.9. The second-order valence-electron chi connectivity index (χ2n) is 6.73. The lowest BCUT2D eigenvalue weighted by molar-refractivity contribution is 0.597.